The molecule has 0 radical (unpaired) electrons. The monoisotopic (exact) mass is 303 g/mol. The Balaban J connectivity index is 1.79. The third-order valence-electron chi connectivity index (χ3n) is 3.83. The molecule has 2 aromatic heterocycles. The van der Waals surface area contributed by atoms with Crippen molar-refractivity contribution in [2.24, 2.45) is 13.0 Å². The molecule has 22 heavy (non-hydrogen) atoms. The zero-order valence-electron chi connectivity index (χ0n) is 13.1. The molecule has 1 aliphatic carbocycles. The van der Waals surface area contributed by atoms with E-state index >= 15 is 0 Å². The number of nitrogens with zero attached hydrogens (tertiary/aromatic N) is 4. The summed E-state index contributed by atoms with van der Waals surface area (Å²) in [6.07, 6.45) is 5.76. The van der Waals surface area contributed by atoms with Crippen molar-refractivity contribution < 1.29 is 9.21 Å². The normalized spacial score (nSPS) is 16.0. The number of aromatic nitrogens is 4. The van der Waals surface area contributed by atoms with Crippen LogP contribution < -0.4 is 5.32 Å². The minimum atomic E-state index is -0.204. The van der Waals surface area contributed by atoms with Crippen LogP contribution in [0.25, 0.3) is 0 Å². The molecule has 1 atom stereocenters. The Bertz CT molecular complexity index is 656. The number of nitrogens with one attached hydrogen (secondary N) is 1. The van der Waals surface area contributed by atoms with E-state index in [1.807, 2.05) is 7.05 Å². The van der Waals surface area contributed by atoms with Gasteiger partial charge < -0.3 is 9.73 Å². The molecule has 2 heterocycles. The predicted octanol–water partition coefficient (Wildman–Crippen LogP) is 2.20. The summed E-state index contributed by atoms with van der Waals surface area (Å²) in [6.45, 7) is 4.22. The summed E-state index contributed by atoms with van der Waals surface area (Å²) in [5.41, 5.74) is 0.401. The maximum atomic E-state index is 12.6. The molecule has 0 spiro atoms. The van der Waals surface area contributed by atoms with Gasteiger partial charge in [-0.15, -0.1) is 0 Å². The van der Waals surface area contributed by atoms with Gasteiger partial charge in [-0.2, -0.15) is 5.10 Å². The first-order valence-electron chi connectivity index (χ1n) is 7.64. The highest BCUT2D eigenvalue weighted by Gasteiger charge is 2.33. The van der Waals surface area contributed by atoms with Crippen LogP contribution in [-0.2, 0) is 7.05 Å². The minimum absolute atomic E-state index is 0.191. The topological polar surface area (TPSA) is 85.8 Å². The van der Waals surface area contributed by atoms with Crippen LogP contribution in [0.2, 0.25) is 0 Å². The van der Waals surface area contributed by atoms with E-state index in [0.717, 1.165) is 25.1 Å². The Kier molecular flexibility index (Phi) is 3.96. The molecule has 0 bridgehead atoms. The van der Waals surface area contributed by atoms with Crippen LogP contribution in [0.15, 0.2) is 17.1 Å². The van der Waals surface area contributed by atoms with Crippen molar-refractivity contribution in [3.8, 4) is 0 Å². The number of rotatable bonds is 6. The van der Waals surface area contributed by atoms with E-state index in [0.29, 0.717) is 23.3 Å². The second kappa shape index (κ2) is 5.90. The summed E-state index contributed by atoms with van der Waals surface area (Å²) in [5, 5.41) is 7.12. The second-order valence-corrected chi connectivity index (χ2v) is 6.24. The summed E-state index contributed by atoms with van der Waals surface area (Å²) < 4.78 is 7.07. The Morgan fingerprint density at radius 2 is 2.23 bits per heavy atom. The molecule has 1 N–H and O–H groups in total. The van der Waals surface area contributed by atoms with E-state index < -0.39 is 0 Å². The lowest BCUT2D eigenvalue weighted by atomic mass is 10.0. The molecule has 1 unspecified atom stereocenters. The second-order valence-electron chi connectivity index (χ2n) is 6.24. The van der Waals surface area contributed by atoms with Gasteiger partial charge in [0.1, 0.15) is 17.9 Å². The molecule has 118 valence electrons. The maximum Gasteiger partial charge on any atom is 0.274 e. The first-order chi connectivity index (χ1) is 10.6. The smallest absolute Gasteiger partial charge is 0.274 e. The Hall–Kier alpha value is -2.18. The van der Waals surface area contributed by atoms with Crippen LogP contribution in [0, 0.1) is 5.92 Å². The standard InChI is InChI=1S/C15H21N5O2/c1-9(2)6-11(14-16-7-18-20(14)3)19-15(21)12-13(10-4-5-10)22-8-17-12/h7-11H,4-6H2,1-3H3,(H,19,21). The number of carbonyl (C=O) groups excluding carboxylic acids is 1. The van der Waals surface area contributed by atoms with Crippen molar-refractivity contribution >= 4 is 5.91 Å². The van der Waals surface area contributed by atoms with Gasteiger partial charge in [-0.3, -0.25) is 9.48 Å². The van der Waals surface area contributed by atoms with E-state index in [1.165, 1.54) is 12.7 Å². The van der Waals surface area contributed by atoms with E-state index in [2.05, 4.69) is 34.2 Å². The van der Waals surface area contributed by atoms with Crippen LogP contribution >= 0.6 is 0 Å². The van der Waals surface area contributed by atoms with Gasteiger partial charge in [0.15, 0.2) is 12.1 Å². The average molecular weight is 303 g/mol. The summed E-state index contributed by atoms with van der Waals surface area (Å²) >= 11 is 0. The van der Waals surface area contributed by atoms with Crippen molar-refractivity contribution in [1.82, 2.24) is 25.1 Å². The van der Waals surface area contributed by atoms with Crippen LogP contribution in [0.1, 0.15) is 67.1 Å². The highest BCUT2D eigenvalue weighted by molar-refractivity contribution is 5.93. The molecular weight excluding hydrogens is 282 g/mol. The summed E-state index contributed by atoms with van der Waals surface area (Å²) in [7, 11) is 1.83. The molecule has 1 amide bonds. The first kappa shape index (κ1) is 14.7. The van der Waals surface area contributed by atoms with Crippen molar-refractivity contribution in [3.05, 3.63) is 30.0 Å². The summed E-state index contributed by atoms with van der Waals surface area (Å²) in [6, 6.07) is -0.191. The minimum Gasteiger partial charge on any atom is -0.447 e. The molecule has 0 aliphatic heterocycles. The Morgan fingerprint density at radius 3 is 2.82 bits per heavy atom. The lowest BCUT2D eigenvalue weighted by Crippen LogP contribution is -2.32. The largest absolute Gasteiger partial charge is 0.447 e. The SMILES string of the molecule is CC(C)CC(NC(=O)c1ncoc1C1CC1)c1ncnn1C. The van der Waals surface area contributed by atoms with E-state index in [9.17, 15) is 4.79 Å². The molecule has 7 heteroatoms. The van der Waals surface area contributed by atoms with E-state index in [4.69, 9.17) is 4.42 Å². The first-order valence-corrected chi connectivity index (χ1v) is 7.64. The predicted molar refractivity (Wildman–Crippen MR) is 79.1 cm³/mol. The zero-order valence-corrected chi connectivity index (χ0v) is 13.1. The van der Waals surface area contributed by atoms with Gasteiger partial charge in [0, 0.05) is 13.0 Å². The van der Waals surface area contributed by atoms with Gasteiger partial charge in [0.2, 0.25) is 0 Å². The number of aryl methyl sites for hydroxylation is 1. The number of oxazole rings is 1. The third-order valence-corrected chi connectivity index (χ3v) is 3.83. The number of hydrogen-bond acceptors (Lipinski definition) is 5. The fourth-order valence-corrected chi connectivity index (χ4v) is 2.61. The van der Waals surface area contributed by atoms with Gasteiger partial charge in [0.05, 0.1) is 6.04 Å². The van der Waals surface area contributed by atoms with Crippen LogP contribution in [0.3, 0.4) is 0 Å². The highest BCUT2D eigenvalue weighted by Crippen LogP contribution is 2.41. The lowest BCUT2D eigenvalue weighted by Gasteiger charge is -2.19. The van der Waals surface area contributed by atoms with Crippen molar-refractivity contribution in [3.63, 3.8) is 0 Å². The van der Waals surface area contributed by atoms with Crippen LogP contribution in [0.5, 0.6) is 0 Å². The fraction of sp³-hybridized carbons (Fsp3) is 0.600. The molecule has 1 fully saturated rings. The lowest BCUT2D eigenvalue weighted by molar-refractivity contribution is 0.0922. The maximum absolute atomic E-state index is 12.6. The van der Waals surface area contributed by atoms with Gasteiger partial charge in [-0.05, 0) is 25.2 Å². The summed E-state index contributed by atoms with van der Waals surface area (Å²) in [4.78, 5) is 20.9. The molecule has 1 aliphatic rings. The van der Waals surface area contributed by atoms with Gasteiger partial charge in [-0.1, -0.05) is 13.8 Å². The quantitative estimate of drug-likeness (QED) is 0.884. The van der Waals surface area contributed by atoms with Crippen molar-refractivity contribution in [2.75, 3.05) is 0 Å². The van der Waals surface area contributed by atoms with Crippen LogP contribution in [0.4, 0.5) is 0 Å². The number of carbonyl (C=O) groups is 1. The average Bonchev–Trinajstić information content (AvgIpc) is 3.02. The van der Waals surface area contributed by atoms with Crippen LogP contribution in [-0.4, -0.2) is 25.7 Å². The van der Waals surface area contributed by atoms with E-state index in [1.54, 1.807) is 4.68 Å². The summed E-state index contributed by atoms with van der Waals surface area (Å²) in [5.74, 6) is 2.02. The number of amides is 1. The zero-order chi connectivity index (χ0) is 15.7. The molecule has 7 nitrogen and oxygen atoms in total. The Labute approximate surface area is 129 Å². The van der Waals surface area contributed by atoms with Gasteiger partial charge in [-0.25, -0.2) is 9.97 Å². The fourth-order valence-electron chi connectivity index (χ4n) is 2.61. The molecule has 1 saturated carbocycles. The van der Waals surface area contributed by atoms with E-state index in [-0.39, 0.29) is 11.9 Å². The molecule has 2 aromatic rings. The van der Waals surface area contributed by atoms with Gasteiger partial charge >= 0.3 is 0 Å². The Morgan fingerprint density at radius 1 is 1.45 bits per heavy atom. The molecule has 0 saturated heterocycles. The highest BCUT2D eigenvalue weighted by atomic mass is 16.3. The molecule has 3 rings (SSSR count). The van der Waals surface area contributed by atoms with Gasteiger partial charge in [0.25, 0.3) is 5.91 Å². The number of hydrogen-bond donors (Lipinski definition) is 1. The molecule has 0 aromatic carbocycles. The molecular formula is C15H21N5O2. The van der Waals surface area contributed by atoms with Crippen molar-refractivity contribution in [1.29, 1.82) is 0 Å². The van der Waals surface area contributed by atoms with Crippen molar-refractivity contribution in [2.45, 2.75) is 45.1 Å². The third kappa shape index (κ3) is 3.03.